The lowest BCUT2D eigenvalue weighted by atomic mass is 9.96. The van der Waals surface area contributed by atoms with Crippen molar-refractivity contribution in [3.05, 3.63) is 81.9 Å². The van der Waals surface area contributed by atoms with Gasteiger partial charge in [-0.25, -0.2) is 4.39 Å². The summed E-state index contributed by atoms with van der Waals surface area (Å²) in [6.07, 6.45) is 1.65. The molecule has 2 heterocycles. The molecule has 1 aromatic heterocycles. The van der Waals surface area contributed by atoms with Crippen molar-refractivity contribution < 1.29 is 9.18 Å². The number of benzene rings is 2. The maximum absolute atomic E-state index is 13.2. The lowest BCUT2D eigenvalue weighted by Crippen LogP contribution is -2.41. The summed E-state index contributed by atoms with van der Waals surface area (Å²) in [5, 5.41) is 7.54. The molecule has 1 saturated heterocycles. The minimum absolute atomic E-state index is 0.00902. The quantitative estimate of drug-likeness (QED) is 0.696. The van der Waals surface area contributed by atoms with Crippen LogP contribution in [0.4, 0.5) is 15.9 Å². The van der Waals surface area contributed by atoms with Gasteiger partial charge >= 0.3 is 0 Å². The topological polar surface area (TPSA) is 67.2 Å². The third-order valence-corrected chi connectivity index (χ3v) is 5.62. The molecule has 1 atom stereocenters. The van der Waals surface area contributed by atoms with Crippen LogP contribution in [0.5, 0.6) is 0 Å². The van der Waals surface area contributed by atoms with Crippen LogP contribution in [-0.4, -0.2) is 28.8 Å². The fraction of sp³-hybridized carbons (Fsp3) is 0.292. The molecule has 3 aromatic rings. The Kier molecular flexibility index (Phi) is 5.84. The molecule has 31 heavy (non-hydrogen) atoms. The van der Waals surface area contributed by atoms with Crippen molar-refractivity contribution in [2.45, 2.75) is 26.7 Å². The predicted molar refractivity (Wildman–Crippen MR) is 119 cm³/mol. The van der Waals surface area contributed by atoms with Gasteiger partial charge in [-0.2, -0.15) is 4.68 Å². The first-order valence-corrected chi connectivity index (χ1v) is 10.4. The predicted octanol–water partition coefficient (Wildman–Crippen LogP) is 3.84. The van der Waals surface area contributed by atoms with Crippen LogP contribution in [0.3, 0.4) is 0 Å². The Morgan fingerprint density at radius 3 is 2.65 bits per heavy atom. The van der Waals surface area contributed by atoms with E-state index in [0.29, 0.717) is 18.1 Å². The molecule has 0 unspecified atom stereocenters. The molecule has 4 rings (SSSR count). The van der Waals surface area contributed by atoms with Crippen LogP contribution in [-0.2, 0) is 4.79 Å². The molecule has 0 saturated carbocycles. The summed E-state index contributed by atoms with van der Waals surface area (Å²) in [7, 11) is 0. The standard InChI is InChI=1S/C24H25FN4O2/c1-16-5-6-17(2)21(14-16)26-24(31)18-4-3-13-28(15-18)22-11-12-23(30)29(27-22)20-9-7-19(25)8-10-20/h5-12,14,18H,3-4,13,15H2,1-2H3,(H,26,31)/t18-/m0/s1. The van der Waals surface area contributed by atoms with Gasteiger partial charge in [-0.05, 0) is 74.2 Å². The number of halogens is 1. The molecule has 1 amide bonds. The van der Waals surface area contributed by atoms with Crippen LogP contribution in [0.2, 0.25) is 0 Å². The van der Waals surface area contributed by atoms with Gasteiger partial charge in [0.15, 0.2) is 0 Å². The van der Waals surface area contributed by atoms with Crippen LogP contribution >= 0.6 is 0 Å². The largest absolute Gasteiger partial charge is 0.354 e. The van der Waals surface area contributed by atoms with Gasteiger partial charge in [0.25, 0.3) is 5.56 Å². The highest BCUT2D eigenvalue weighted by Gasteiger charge is 2.27. The number of nitrogens with one attached hydrogen (secondary N) is 1. The molecule has 1 fully saturated rings. The number of aromatic nitrogens is 2. The van der Waals surface area contributed by atoms with E-state index in [4.69, 9.17) is 0 Å². The average Bonchev–Trinajstić information content (AvgIpc) is 2.77. The van der Waals surface area contributed by atoms with Crippen LogP contribution in [0.15, 0.2) is 59.4 Å². The minimum atomic E-state index is -0.373. The van der Waals surface area contributed by atoms with Crippen molar-refractivity contribution in [2.24, 2.45) is 5.92 Å². The van der Waals surface area contributed by atoms with Gasteiger partial charge in [0.05, 0.1) is 11.6 Å². The second-order valence-electron chi connectivity index (χ2n) is 8.01. The molecule has 1 aliphatic heterocycles. The molecule has 1 N–H and O–H groups in total. The van der Waals surface area contributed by atoms with E-state index >= 15 is 0 Å². The summed E-state index contributed by atoms with van der Waals surface area (Å²) in [6, 6.07) is 14.8. The van der Waals surface area contributed by atoms with Gasteiger partial charge in [-0.15, -0.1) is 5.10 Å². The Hall–Kier alpha value is -3.48. The zero-order valence-corrected chi connectivity index (χ0v) is 17.6. The van der Waals surface area contributed by atoms with E-state index < -0.39 is 0 Å². The van der Waals surface area contributed by atoms with Crippen molar-refractivity contribution >= 4 is 17.4 Å². The number of anilines is 2. The molecular weight excluding hydrogens is 395 g/mol. The Morgan fingerprint density at radius 2 is 1.87 bits per heavy atom. The lowest BCUT2D eigenvalue weighted by Gasteiger charge is -2.33. The summed E-state index contributed by atoms with van der Waals surface area (Å²) >= 11 is 0. The highest BCUT2D eigenvalue weighted by atomic mass is 19.1. The van der Waals surface area contributed by atoms with E-state index in [1.54, 1.807) is 6.07 Å². The summed E-state index contributed by atoms with van der Waals surface area (Å²) in [6.45, 7) is 5.25. The smallest absolute Gasteiger partial charge is 0.271 e. The average molecular weight is 420 g/mol. The molecule has 1 aliphatic rings. The third kappa shape index (κ3) is 4.66. The van der Waals surface area contributed by atoms with Crippen LogP contribution < -0.4 is 15.8 Å². The van der Waals surface area contributed by atoms with Gasteiger partial charge in [-0.1, -0.05) is 12.1 Å². The minimum Gasteiger partial charge on any atom is -0.354 e. The molecule has 2 aromatic carbocycles. The zero-order valence-electron chi connectivity index (χ0n) is 17.6. The molecule has 6 nitrogen and oxygen atoms in total. The fourth-order valence-electron chi connectivity index (χ4n) is 3.84. The van der Waals surface area contributed by atoms with Crippen molar-refractivity contribution in [1.82, 2.24) is 9.78 Å². The van der Waals surface area contributed by atoms with Crippen LogP contribution in [0.1, 0.15) is 24.0 Å². The van der Waals surface area contributed by atoms with Gasteiger partial charge in [0.2, 0.25) is 5.91 Å². The Morgan fingerprint density at radius 1 is 1.10 bits per heavy atom. The number of carbonyl (C=O) groups excluding carboxylic acids is 1. The number of amides is 1. The summed E-state index contributed by atoms with van der Waals surface area (Å²) < 4.78 is 14.5. The highest BCUT2D eigenvalue weighted by molar-refractivity contribution is 5.93. The first kappa shape index (κ1) is 20.8. The van der Waals surface area contributed by atoms with Crippen molar-refractivity contribution in [2.75, 3.05) is 23.3 Å². The van der Waals surface area contributed by atoms with Gasteiger partial charge < -0.3 is 10.2 Å². The molecule has 160 valence electrons. The molecule has 0 aliphatic carbocycles. The van der Waals surface area contributed by atoms with Gasteiger partial charge in [-0.3, -0.25) is 9.59 Å². The molecule has 0 radical (unpaired) electrons. The van der Waals surface area contributed by atoms with Crippen molar-refractivity contribution in [3.63, 3.8) is 0 Å². The molecular formula is C24H25FN4O2. The van der Waals surface area contributed by atoms with Gasteiger partial charge in [0, 0.05) is 24.8 Å². The monoisotopic (exact) mass is 420 g/mol. The first-order valence-electron chi connectivity index (χ1n) is 10.4. The van der Waals surface area contributed by atoms with E-state index in [1.807, 2.05) is 36.9 Å². The summed E-state index contributed by atoms with van der Waals surface area (Å²) in [5.41, 5.74) is 3.16. The Balaban J connectivity index is 1.52. The zero-order chi connectivity index (χ0) is 22.0. The van der Waals surface area contributed by atoms with E-state index in [2.05, 4.69) is 10.4 Å². The normalized spacial score (nSPS) is 16.2. The first-order chi connectivity index (χ1) is 14.9. The number of nitrogens with zero attached hydrogens (tertiary/aromatic N) is 3. The Bertz CT molecular complexity index is 1160. The number of rotatable bonds is 4. The number of piperidine rings is 1. The second kappa shape index (κ2) is 8.71. The van der Waals surface area contributed by atoms with E-state index in [-0.39, 0.29) is 23.2 Å². The van der Waals surface area contributed by atoms with E-state index in [0.717, 1.165) is 36.2 Å². The summed E-state index contributed by atoms with van der Waals surface area (Å²) in [5.74, 6) is 0.0572. The molecule has 0 bridgehead atoms. The Labute approximate surface area is 180 Å². The number of carbonyl (C=O) groups is 1. The van der Waals surface area contributed by atoms with Crippen LogP contribution in [0.25, 0.3) is 5.69 Å². The number of hydrogen-bond acceptors (Lipinski definition) is 4. The number of aryl methyl sites for hydroxylation is 2. The SMILES string of the molecule is Cc1ccc(C)c(NC(=O)[C@H]2CCCN(c3ccc(=O)n(-c4ccc(F)cc4)n3)C2)c1. The summed E-state index contributed by atoms with van der Waals surface area (Å²) in [4.78, 5) is 27.3. The van der Waals surface area contributed by atoms with Crippen molar-refractivity contribution in [1.29, 1.82) is 0 Å². The number of hydrogen-bond donors (Lipinski definition) is 1. The van der Waals surface area contributed by atoms with Crippen LogP contribution in [0, 0.1) is 25.6 Å². The van der Waals surface area contributed by atoms with Crippen molar-refractivity contribution in [3.8, 4) is 5.69 Å². The second-order valence-corrected chi connectivity index (χ2v) is 8.01. The maximum atomic E-state index is 13.2. The van der Waals surface area contributed by atoms with E-state index in [1.165, 1.54) is 35.0 Å². The molecule has 7 heteroatoms. The highest BCUT2D eigenvalue weighted by Crippen LogP contribution is 2.24. The maximum Gasteiger partial charge on any atom is 0.271 e. The third-order valence-electron chi connectivity index (χ3n) is 5.62. The lowest BCUT2D eigenvalue weighted by molar-refractivity contribution is -0.120. The van der Waals surface area contributed by atoms with E-state index in [9.17, 15) is 14.0 Å². The fourth-order valence-corrected chi connectivity index (χ4v) is 3.84. The molecule has 0 spiro atoms. The van der Waals surface area contributed by atoms with Gasteiger partial charge in [0.1, 0.15) is 11.6 Å².